The number of nitrogens with one attached hydrogen (secondary N) is 1. The summed E-state index contributed by atoms with van der Waals surface area (Å²) in [6.07, 6.45) is -2.28. The summed E-state index contributed by atoms with van der Waals surface area (Å²) in [5.41, 5.74) is 2.69. The van der Waals surface area contributed by atoms with Gasteiger partial charge in [0, 0.05) is 73.7 Å². The SMILES string of the molecule is CC(=O)OC[C@H]1O[C@H](n2cc(C3=C(c4c[nH]c5ccccc45)C(=O)N(COCc4ccccc4)C3=O)c3cccnc32)[C@H](OC(C)=O)[C@@H](OC(C)=O)[C@@H]1OC(C)=O. The third-order valence-corrected chi connectivity index (χ3v) is 9.46. The lowest BCUT2D eigenvalue weighted by Gasteiger charge is -2.44. The van der Waals surface area contributed by atoms with Crippen LogP contribution in [0.2, 0.25) is 0 Å². The van der Waals surface area contributed by atoms with Crippen molar-refractivity contribution < 1.29 is 57.2 Å². The highest BCUT2D eigenvalue weighted by atomic mass is 16.7. The third-order valence-electron chi connectivity index (χ3n) is 9.46. The van der Waals surface area contributed by atoms with Gasteiger partial charge in [0.15, 0.2) is 24.5 Å². The maximum Gasteiger partial charge on any atom is 0.303 e. The van der Waals surface area contributed by atoms with Crippen molar-refractivity contribution in [1.29, 1.82) is 0 Å². The Hall–Kier alpha value is -6.65. The number of esters is 4. The lowest BCUT2D eigenvalue weighted by molar-refractivity contribution is -0.267. The summed E-state index contributed by atoms with van der Waals surface area (Å²) in [6.45, 7) is 3.92. The minimum absolute atomic E-state index is 0.0375. The molecule has 294 valence electrons. The standard InChI is InChI=1S/C41H38N4O12/c1-22(46)53-20-32-35(54-23(2)47)36(55-24(3)48)37(56-25(4)49)41(57-32)44-18-30(28-14-10-16-42-38(28)44)34-33(29-17-43-31-15-9-8-13-27(29)31)39(50)45(40(34)51)21-52-19-26-11-6-5-7-12-26/h5-18,32,35-37,41,43H,19-21H2,1-4H3/t32-,35-,36+,37-,41+/m1/s1. The van der Waals surface area contributed by atoms with Crippen LogP contribution in [-0.4, -0.2) is 92.9 Å². The zero-order valence-corrected chi connectivity index (χ0v) is 31.3. The van der Waals surface area contributed by atoms with E-state index in [1.54, 1.807) is 18.3 Å². The molecule has 2 aromatic carbocycles. The van der Waals surface area contributed by atoms with E-state index in [1.165, 1.54) is 23.9 Å². The molecule has 57 heavy (non-hydrogen) atoms. The second-order valence-electron chi connectivity index (χ2n) is 13.4. The van der Waals surface area contributed by atoms with Crippen molar-refractivity contribution >= 4 is 68.8 Å². The topological polar surface area (TPSA) is 195 Å². The van der Waals surface area contributed by atoms with Crippen LogP contribution in [0.3, 0.4) is 0 Å². The molecule has 1 fully saturated rings. The van der Waals surface area contributed by atoms with E-state index >= 15 is 0 Å². The molecule has 0 aliphatic carbocycles. The minimum atomic E-state index is -1.47. The van der Waals surface area contributed by atoms with Crippen molar-refractivity contribution in [3.8, 4) is 0 Å². The van der Waals surface area contributed by atoms with E-state index in [2.05, 4.69) is 9.97 Å². The quantitative estimate of drug-likeness (QED) is 0.108. The molecule has 1 saturated heterocycles. The van der Waals surface area contributed by atoms with Crippen LogP contribution in [-0.2, 0) is 63.8 Å². The summed E-state index contributed by atoms with van der Waals surface area (Å²) in [4.78, 5) is 87.4. The molecule has 5 heterocycles. The highest BCUT2D eigenvalue weighted by molar-refractivity contribution is 6.50. The molecule has 0 saturated carbocycles. The number of carbonyl (C=O) groups is 6. The number of para-hydroxylation sites is 1. The average molecular weight is 779 g/mol. The molecule has 16 nitrogen and oxygen atoms in total. The van der Waals surface area contributed by atoms with Gasteiger partial charge in [0.25, 0.3) is 11.8 Å². The summed E-state index contributed by atoms with van der Waals surface area (Å²) >= 11 is 0. The van der Waals surface area contributed by atoms with Crippen LogP contribution in [0.4, 0.5) is 0 Å². The van der Waals surface area contributed by atoms with Gasteiger partial charge in [-0.15, -0.1) is 0 Å². The first kappa shape index (κ1) is 38.6. The van der Waals surface area contributed by atoms with Crippen molar-refractivity contribution in [2.45, 2.75) is 64.9 Å². The maximum atomic E-state index is 14.6. The second kappa shape index (κ2) is 16.2. The number of ether oxygens (including phenoxy) is 6. The molecule has 1 N–H and O–H groups in total. The van der Waals surface area contributed by atoms with E-state index in [1.807, 2.05) is 54.6 Å². The predicted octanol–water partition coefficient (Wildman–Crippen LogP) is 4.23. The molecule has 0 spiro atoms. The number of rotatable bonds is 12. The number of hydrogen-bond acceptors (Lipinski definition) is 13. The van der Waals surface area contributed by atoms with E-state index in [-0.39, 0.29) is 35.7 Å². The van der Waals surface area contributed by atoms with Gasteiger partial charge in [-0.1, -0.05) is 48.5 Å². The van der Waals surface area contributed by atoms with Gasteiger partial charge in [0.1, 0.15) is 25.1 Å². The Bertz CT molecular complexity index is 2420. The Morgan fingerprint density at radius 1 is 0.737 bits per heavy atom. The number of aromatic amines is 1. The zero-order chi connectivity index (χ0) is 40.4. The number of hydrogen-bond donors (Lipinski definition) is 1. The van der Waals surface area contributed by atoms with Crippen LogP contribution in [0, 0.1) is 0 Å². The number of aromatic nitrogens is 3. The monoisotopic (exact) mass is 778 g/mol. The Labute approximate surface area is 325 Å². The Balaban J connectivity index is 1.39. The smallest absolute Gasteiger partial charge is 0.303 e. The fraction of sp³-hybridized carbons (Fsp3) is 0.293. The largest absolute Gasteiger partial charge is 0.463 e. The Kier molecular flexibility index (Phi) is 11.0. The van der Waals surface area contributed by atoms with Crippen molar-refractivity contribution in [3.63, 3.8) is 0 Å². The van der Waals surface area contributed by atoms with Crippen LogP contribution < -0.4 is 0 Å². The van der Waals surface area contributed by atoms with E-state index in [4.69, 9.17) is 28.4 Å². The molecule has 5 atom stereocenters. The van der Waals surface area contributed by atoms with Crippen LogP contribution in [0.5, 0.6) is 0 Å². The molecule has 0 bridgehead atoms. The first-order chi connectivity index (χ1) is 27.4. The highest BCUT2D eigenvalue weighted by Crippen LogP contribution is 2.43. The summed E-state index contributed by atoms with van der Waals surface area (Å²) < 4.78 is 36.1. The first-order valence-corrected chi connectivity index (χ1v) is 18.0. The van der Waals surface area contributed by atoms with Crippen molar-refractivity contribution in [1.82, 2.24) is 19.4 Å². The van der Waals surface area contributed by atoms with Crippen molar-refractivity contribution in [2.75, 3.05) is 13.3 Å². The third kappa shape index (κ3) is 7.77. The van der Waals surface area contributed by atoms with E-state index < -0.39 is 72.9 Å². The lowest BCUT2D eigenvalue weighted by atomic mass is 9.96. The molecule has 2 amide bonds. The molecular weight excluding hydrogens is 740 g/mol. The lowest BCUT2D eigenvalue weighted by Crippen LogP contribution is -2.60. The number of pyridine rings is 1. The number of nitrogens with zero attached hydrogens (tertiary/aromatic N) is 3. The van der Waals surface area contributed by atoms with Crippen LogP contribution >= 0.6 is 0 Å². The van der Waals surface area contributed by atoms with Gasteiger partial charge in [0.05, 0.1) is 17.8 Å². The summed E-state index contributed by atoms with van der Waals surface area (Å²) in [6, 6.07) is 20.0. The maximum absolute atomic E-state index is 14.6. The first-order valence-electron chi connectivity index (χ1n) is 18.0. The van der Waals surface area contributed by atoms with Gasteiger partial charge in [-0.05, 0) is 23.8 Å². The molecule has 0 unspecified atom stereocenters. The van der Waals surface area contributed by atoms with Gasteiger partial charge in [-0.3, -0.25) is 28.8 Å². The van der Waals surface area contributed by atoms with Crippen LogP contribution in [0.25, 0.3) is 33.1 Å². The van der Waals surface area contributed by atoms with E-state index in [9.17, 15) is 28.8 Å². The molecule has 5 aromatic rings. The number of benzene rings is 2. The number of carbonyl (C=O) groups excluding carboxylic acids is 6. The highest BCUT2D eigenvalue weighted by Gasteiger charge is 2.53. The molecule has 16 heteroatoms. The Morgan fingerprint density at radius 2 is 1.37 bits per heavy atom. The van der Waals surface area contributed by atoms with E-state index in [0.29, 0.717) is 16.3 Å². The number of fused-ring (bicyclic) bond motifs is 2. The fourth-order valence-corrected chi connectivity index (χ4v) is 7.21. The summed E-state index contributed by atoms with van der Waals surface area (Å²) in [5, 5.41) is 1.10. The second-order valence-corrected chi connectivity index (χ2v) is 13.4. The average Bonchev–Trinajstić information content (AvgIpc) is 3.84. The molecule has 2 aliphatic rings. The Morgan fingerprint density at radius 3 is 2.07 bits per heavy atom. The summed E-state index contributed by atoms with van der Waals surface area (Å²) in [5.74, 6) is -4.26. The van der Waals surface area contributed by atoms with Crippen LogP contribution in [0.1, 0.15) is 50.6 Å². The number of H-pyrrole nitrogens is 1. The van der Waals surface area contributed by atoms with Crippen molar-refractivity contribution in [2.24, 2.45) is 0 Å². The minimum Gasteiger partial charge on any atom is -0.463 e. The molecular formula is C41H38N4O12. The van der Waals surface area contributed by atoms with Gasteiger partial charge >= 0.3 is 23.9 Å². The normalized spacial score (nSPS) is 20.9. The predicted molar refractivity (Wildman–Crippen MR) is 200 cm³/mol. The van der Waals surface area contributed by atoms with Gasteiger partial charge in [-0.25, -0.2) is 9.88 Å². The van der Waals surface area contributed by atoms with E-state index in [0.717, 1.165) is 36.8 Å². The van der Waals surface area contributed by atoms with Gasteiger partial charge in [-0.2, -0.15) is 0 Å². The number of amides is 2. The van der Waals surface area contributed by atoms with Crippen molar-refractivity contribution in [3.05, 3.63) is 102 Å². The molecule has 2 aliphatic heterocycles. The summed E-state index contributed by atoms with van der Waals surface area (Å²) in [7, 11) is 0. The zero-order valence-electron chi connectivity index (χ0n) is 31.3. The molecule has 7 rings (SSSR count). The molecule has 0 radical (unpaired) electrons. The molecule has 3 aromatic heterocycles. The van der Waals surface area contributed by atoms with Gasteiger partial charge in [0.2, 0.25) is 0 Å². The van der Waals surface area contributed by atoms with Gasteiger partial charge < -0.3 is 38.0 Å². The van der Waals surface area contributed by atoms with Crippen LogP contribution in [0.15, 0.2) is 85.3 Å². The fourth-order valence-electron chi connectivity index (χ4n) is 7.21. The number of imide groups is 1.